The number of H-pyrrole nitrogens is 1. The maximum Gasteiger partial charge on any atom is 0.119 e. The maximum atomic E-state index is 5.30. The number of aromatic nitrogens is 1. The van der Waals surface area contributed by atoms with Crippen LogP contribution in [0.1, 0.15) is 31.2 Å². The lowest BCUT2D eigenvalue weighted by molar-refractivity contribution is 0.415. The second kappa shape index (κ2) is 4.44. The quantitative estimate of drug-likeness (QED) is 0.848. The molecule has 0 bridgehead atoms. The van der Waals surface area contributed by atoms with Gasteiger partial charge in [-0.1, -0.05) is 25.7 Å². The first-order chi connectivity index (χ1) is 8.36. The molecule has 0 radical (unpaired) electrons. The van der Waals surface area contributed by atoms with Crippen LogP contribution in [0.2, 0.25) is 0 Å². The molecule has 1 aromatic heterocycles. The maximum absolute atomic E-state index is 5.30. The minimum absolute atomic E-state index is 0.889. The first-order valence-corrected chi connectivity index (χ1v) is 6.51. The van der Waals surface area contributed by atoms with Gasteiger partial charge in [-0.05, 0) is 36.1 Å². The van der Waals surface area contributed by atoms with E-state index < -0.39 is 0 Å². The van der Waals surface area contributed by atoms with Crippen molar-refractivity contribution in [1.29, 1.82) is 0 Å². The number of hydrogen-bond acceptors (Lipinski definition) is 1. The van der Waals surface area contributed by atoms with Crippen LogP contribution in [0.15, 0.2) is 24.4 Å². The summed E-state index contributed by atoms with van der Waals surface area (Å²) in [4.78, 5) is 3.36. The minimum atomic E-state index is 0.889. The molecule has 2 aromatic rings. The van der Waals surface area contributed by atoms with Gasteiger partial charge in [0.2, 0.25) is 0 Å². The Morgan fingerprint density at radius 1 is 1.29 bits per heavy atom. The zero-order chi connectivity index (χ0) is 11.7. The van der Waals surface area contributed by atoms with Crippen LogP contribution in [-0.4, -0.2) is 12.1 Å². The van der Waals surface area contributed by atoms with Gasteiger partial charge in [-0.3, -0.25) is 0 Å². The lowest BCUT2D eigenvalue weighted by atomic mass is 9.98. The second-order valence-electron chi connectivity index (χ2n) is 5.08. The summed E-state index contributed by atoms with van der Waals surface area (Å²) in [6, 6.07) is 6.26. The van der Waals surface area contributed by atoms with Crippen LogP contribution in [0.3, 0.4) is 0 Å². The predicted molar refractivity (Wildman–Crippen MR) is 70.5 cm³/mol. The summed E-state index contributed by atoms with van der Waals surface area (Å²) in [5, 5.41) is 1.33. The summed E-state index contributed by atoms with van der Waals surface area (Å²) < 4.78 is 5.30. The molecule has 1 N–H and O–H groups in total. The zero-order valence-corrected chi connectivity index (χ0v) is 10.3. The third-order valence-electron chi connectivity index (χ3n) is 3.96. The summed E-state index contributed by atoms with van der Waals surface area (Å²) in [5.74, 6) is 1.84. The van der Waals surface area contributed by atoms with Gasteiger partial charge in [-0.25, -0.2) is 0 Å². The van der Waals surface area contributed by atoms with Crippen LogP contribution < -0.4 is 4.74 Å². The van der Waals surface area contributed by atoms with Gasteiger partial charge in [0.25, 0.3) is 0 Å². The van der Waals surface area contributed by atoms with Gasteiger partial charge in [0.1, 0.15) is 5.75 Å². The number of hydrogen-bond donors (Lipinski definition) is 1. The molecule has 3 rings (SSSR count). The van der Waals surface area contributed by atoms with Gasteiger partial charge < -0.3 is 9.72 Å². The minimum Gasteiger partial charge on any atom is -0.497 e. The summed E-state index contributed by atoms with van der Waals surface area (Å²) in [6.45, 7) is 0. The van der Waals surface area contributed by atoms with Gasteiger partial charge in [0.05, 0.1) is 7.11 Å². The summed E-state index contributed by atoms with van der Waals surface area (Å²) in [6.07, 6.45) is 9.01. The van der Waals surface area contributed by atoms with Crippen LogP contribution >= 0.6 is 0 Å². The molecule has 1 aromatic carbocycles. The smallest absolute Gasteiger partial charge is 0.119 e. The second-order valence-corrected chi connectivity index (χ2v) is 5.08. The van der Waals surface area contributed by atoms with E-state index in [9.17, 15) is 0 Å². The molecular weight excluding hydrogens is 210 g/mol. The van der Waals surface area contributed by atoms with Crippen molar-refractivity contribution in [2.45, 2.75) is 32.1 Å². The fourth-order valence-electron chi connectivity index (χ4n) is 2.98. The van der Waals surface area contributed by atoms with E-state index in [1.165, 1.54) is 48.6 Å². The van der Waals surface area contributed by atoms with Crippen molar-refractivity contribution in [1.82, 2.24) is 4.98 Å². The Morgan fingerprint density at radius 3 is 2.88 bits per heavy atom. The van der Waals surface area contributed by atoms with Crippen molar-refractivity contribution >= 4 is 10.9 Å². The highest BCUT2D eigenvalue weighted by molar-refractivity contribution is 5.84. The predicted octanol–water partition coefficient (Wildman–Crippen LogP) is 3.91. The van der Waals surface area contributed by atoms with Crippen LogP contribution in [0.5, 0.6) is 5.75 Å². The molecular formula is C15H19NO. The number of methoxy groups -OCH3 is 1. The van der Waals surface area contributed by atoms with Crippen molar-refractivity contribution in [3.63, 3.8) is 0 Å². The van der Waals surface area contributed by atoms with Crippen molar-refractivity contribution in [2.24, 2.45) is 5.92 Å². The Balaban J connectivity index is 1.92. The molecule has 1 saturated carbocycles. The number of aromatic amines is 1. The van der Waals surface area contributed by atoms with Crippen molar-refractivity contribution in [3.05, 3.63) is 30.0 Å². The molecule has 0 saturated heterocycles. The van der Waals surface area contributed by atoms with E-state index in [4.69, 9.17) is 4.74 Å². The number of fused-ring (bicyclic) bond motifs is 1. The highest BCUT2D eigenvalue weighted by Gasteiger charge is 2.17. The third kappa shape index (κ3) is 2.04. The summed E-state index contributed by atoms with van der Waals surface area (Å²) >= 11 is 0. The molecule has 0 unspecified atom stereocenters. The Morgan fingerprint density at radius 2 is 2.12 bits per heavy atom. The Hall–Kier alpha value is -1.44. The van der Waals surface area contributed by atoms with E-state index >= 15 is 0 Å². The third-order valence-corrected chi connectivity index (χ3v) is 3.96. The van der Waals surface area contributed by atoms with E-state index in [0.29, 0.717) is 0 Å². The molecule has 17 heavy (non-hydrogen) atoms. The first kappa shape index (κ1) is 10.7. The van der Waals surface area contributed by atoms with Gasteiger partial charge in [0.15, 0.2) is 0 Å². The van der Waals surface area contributed by atoms with E-state index in [1.807, 2.05) is 6.07 Å². The van der Waals surface area contributed by atoms with Gasteiger partial charge in [-0.15, -0.1) is 0 Å². The monoisotopic (exact) mass is 229 g/mol. The van der Waals surface area contributed by atoms with Crippen molar-refractivity contribution in [3.8, 4) is 5.75 Å². The molecule has 0 amide bonds. The molecule has 1 fully saturated rings. The number of nitrogens with one attached hydrogen (secondary N) is 1. The number of ether oxygens (including phenoxy) is 1. The average molecular weight is 229 g/mol. The molecule has 0 aliphatic heterocycles. The Bertz CT molecular complexity index is 509. The van der Waals surface area contributed by atoms with E-state index in [-0.39, 0.29) is 0 Å². The Kier molecular flexibility index (Phi) is 2.79. The number of rotatable bonds is 3. The van der Waals surface area contributed by atoms with Gasteiger partial charge >= 0.3 is 0 Å². The van der Waals surface area contributed by atoms with E-state index in [2.05, 4.69) is 23.3 Å². The van der Waals surface area contributed by atoms with Crippen LogP contribution in [-0.2, 0) is 6.42 Å². The molecule has 2 heteroatoms. The van der Waals surface area contributed by atoms with Crippen molar-refractivity contribution < 1.29 is 4.74 Å². The molecule has 1 aliphatic carbocycles. The van der Waals surface area contributed by atoms with E-state index in [0.717, 1.165) is 11.7 Å². The molecule has 2 nitrogen and oxygen atoms in total. The molecule has 0 atom stereocenters. The lowest BCUT2D eigenvalue weighted by Crippen LogP contribution is -1.97. The molecule has 1 aliphatic rings. The summed E-state index contributed by atoms with van der Waals surface area (Å²) in [5.41, 5.74) is 2.67. The summed E-state index contributed by atoms with van der Waals surface area (Å²) in [7, 11) is 1.73. The van der Waals surface area contributed by atoms with Crippen LogP contribution in [0.25, 0.3) is 10.9 Å². The SMILES string of the molecule is COc1ccc2[nH]cc(CC3CCCC3)c2c1. The molecule has 90 valence electrons. The largest absolute Gasteiger partial charge is 0.497 e. The van der Waals surface area contributed by atoms with E-state index in [1.54, 1.807) is 7.11 Å². The molecule has 0 spiro atoms. The highest BCUT2D eigenvalue weighted by Crippen LogP contribution is 2.31. The standard InChI is InChI=1S/C15H19NO/c1-17-13-6-7-15-14(9-13)12(10-16-15)8-11-4-2-3-5-11/h6-7,9-11,16H,2-5,8H2,1H3. The zero-order valence-electron chi connectivity index (χ0n) is 10.3. The highest BCUT2D eigenvalue weighted by atomic mass is 16.5. The van der Waals surface area contributed by atoms with Gasteiger partial charge in [-0.2, -0.15) is 0 Å². The lowest BCUT2D eigenvalue weighted by Gasteiger charge is -2.07. The topological polar surface area (TPSA) is 25.0 Å². The number of benzene rings is 1. The van der Waals surface area contributed by atoms with Gasteiger partial charge in [0, 0.05) is 17.1 Å². The fourth-order valence-corrected chi connectivity index (χ4v) is 2.98. The average Bonchev–Trinajstić information content (AvgIpc) is 2.99. The van der Waals surface area contributed by atoms with Crippen LogP contribution in [0.4, 0.5) is 0 Å². The first-order valence-electron chi connectivity index (χ1n) is 6.51. The Labute approximate surface area is 102 Å². The van der Waals surface area contributed by atoms with Crippen LogP contribution in [0, 0.1) is 5.92 Å². The fraction of sp³-hybridized carbons (Fsp3) is 0.467. The van der Waals surface area contributed by atoms with Crippen molar-refractivity contribution in [2.75, 3.05) is 7.11 Å². The normalized spacial score (nSPS) is 16.8. The molecule has 1 heterocycles.